The maximum absolute atomic E-state index is 13.9. The van der Waals surface area contributed by atoms with Gasteiger partial charge in [-0.3, -0.25) is 4.79 Å². The number of fused-ring (bicyclic) bond motifs is 1. The summed E-state index contributed by atoms with van der Waals surface area (Å²) < 4.78 is 14.5. The fraction of sp³-hybridized carbons (Fsp3) is 0.333. The van der Waals surface area contributed by atoms with Gasteiger partial charge in [0.1, 0.15) is 17.6 Å². The van der Waals surface area contributed by atoms with Crippen LogP contribution in [-0.4, -0.2) is 39.5 Å². The highest BCUT2D eigenvalue weighted by Crippen LogP contribution is 2.26. The van der Waals surface area contributed by atoms with Gasteiger partial charge < -0.3 is 15.0 Å². The SMILES string of the molecule is O=C(O)[C@H]1CCCCN1C(=O)c1cc2c(F)cc(Br)cc2[nH]1. The van der Waals surface area contributed by atoms with E-state index in [2.05, 4.69) is 20.9 Å². The number of amides is 1. The molecule has 5 nitrogen and oxygen atoms in total. The molecule has 1 atom stereocenters. The van der Waals surface area contributed by atoms with Gasteiger partial charge in [-0.15, -0.1) is 0 Å². The zero-order valence-electron chi connectivity index (χ0n) is 11.6. The Bertz CT molecular complexity index is 759. The number of aromatic nitrogens is 1. The molecular formula is C15H14BrFN2O3. The van der Waals surface area contributed by atoms with Crippen LogP contribution in [0, 0.1) is 5.82 Å². The molecule has 22 heavy (non-hydrogen) atoms. The van der Waals surface area contributed by atoms with Crippen molar-refractivity contribution in [2.45, 2.75) is 25.3 Å². The van der Waals surface area contributed by atoms with Gasteiger partial charge in [0.25, 0.3) is 5.91 Å². The summed E-state index contributed by atoms with van der Waals surface area (Å²) in [5, 5.41) is 9.57. The lowest BCUT2D eigenvalue weighted by Gasteiger charge is -2.32. The molecule has 2 aromatic rings. The average Bonchev–Trinajstić information content (AvgIpc) is 2.90. The van der Waals surface area contributed by atoms with E-state index in [1.165, 1.54) is 17.0 Å². The second-order valence-corrected chi connectivity index (χ2v) is 6.30. The number of hydrogen-bond donors (Lipinski definition) is 2. The lowest BCUT2D eigenvalue weighted by atomic mass is 10.0. The average molecular weight is 369 g/mol. The number of halogens is 2. The number of aromatic amines is 1. The maximum Gasteiger partial charge on any atom is 0.326 e. The van der Waals surface area contributed by atoms with E-state index in [0.29, 0.717) is 28.3 Å². The number of carboxylic acids is 1. The van der Waals surface area contributed by atoms with Crippen molar-refractivity contribution in [2.24, 2.45) is 0 Å². The van der Waals surface area contributed by atoms with Crippen molar-refractivity contribution in [1.29, 1.82) is 0 Å². The van der Waals surface area contributed by atoms with Crippen LogP contribution in [0.3, 0.4) is 0 Å². The highest BCUT2D eigenvalue weighted by atomic mass is 79.9. The molecule has 1 saturated heterocycles. The fourth-order valence-corrected chi connectivity index (χ4v) is 3.29. The molecule has 1 amide bonds. The number of carbonyl (C=O) groups excluding carboxylic acids is 1. The number of carboxylic acid groups (broad SMARTS) is 1. The number of nitrogens with zero attached hydrogens (tertiary/aromatic N) is 1. The zero-order valence-corrected chi connectivity index (χ0v) is 13.2. The third-order valence-electron chi connectivity index (χ3n) is 3.93. The standard InChI is InChI=1S/C15H14BrFN2O3/c16-8-5-10(17)9-7-12(18-11(9)6-8)14(20)19-4-2-1-3-13(19)15(21)22/h5-7,13,18H,1-4H2,(H,21,22)/t13-/m1/s1. The Morgan fingerprint density at radius 1 is 1.32 bits per heavy atom. The Labute approximate surface area is 134 Å². The first kappa shape index (κ1) is 15.0. The number of benzene rings is 1. The van der Waals surface area contributed by atoms with Crippen molar-refractivity contribution in [3.8, 4) is 0 Å². The highest BCUT2D eigenvalue weighted by molar-refractivity contribution is 9.10. The number of piperidine rings is 1. The molecule has 1 aliphatic rings. The minimum atomic E-state index is -1.00. The summed E-state index contributed by atoms with van der Waals surface area (Å²) in [7, 11) is 0. The van der Waals surface area contributed by atoms with Crippen molar-refractivity contribution in [3.05, 3.63) is 34.2 Å². The van der Waals surface area contributed by atoms with Gasteiger partial charge >= 0.3 is 5.97 Å². The van der Waals surface area contributed by atoms with Crippen molar-refractivity contribution < 1.29 is 19.1 Å². The van der Waals surface area contributed by atoms with Crippen LogP contribution in [0.25, 0.3) is 10.9 Å². The molecule has 0 saturated carbocycles. The fourth-order valence-electron chi connectivity index (χ4n) is 2.86. The topological polar surface area (TPSA) is 73.4 Å². The third-order valence-corrected chi connectivity index (χ3v) is 4.39. The van der Waals surface area contributed by atoms with Gasteiger partial charge in [0.15, 0.2) is 0 Å². The number of aliphatic carboxylic acids is 1. The second kappa shape index (κ2) is 5.72. The molecule has 116 valence electrons. The summed E-state index contributed by atoms with van der Waals surface area (Å²) >= 11 is 3.20. The lowest BCUT2D eigenvalue weighted by Crippen LogP contribution is -2.48. The molecule has 7 heteroatoms. The normalized spacial score (nSPS) is 18.6. The third kappa shape index (κ3) is 2.61. The van der Waals surface area contributed by atoms with Crippen molar-refractivity contribution >= 4 is 38.7 Å². The molecule has 0 aliphatic carbocycles. The Morgan fingerprint density at radius 2 is 2.09 bits per heavy atom. The first-order valence-corrected chi connectivity index (χ1v) is 7.78. The van der Waals surface area contributed by atoms with Crippen molar-refractivity contribution in [1.82, 2.24) is 9.88 Å². The molecule has 0 radical (unpaired) electrons. The Morgan fingerprint density at radius 3 is 2.82 bits per heavy atom. The first-order chi connectivity index (χ1) is 10.5. The zero-order chi connectivity index (χ0) is 15.9. The van der Waals surface area contributed by atoms with Crippen LogP contribution in [0.2, 0.25) is 0 Å². The Hall–Kier alpha value is -1.89. The number of carbonyl (C=O) groups is 2. The van der Waals surface area contributed by atoms with Gasteiger partial charge in [0, 0.05) is 16.4 Å². The van der Waals surface area contributed by atoms with Crippen LogP contribution in [0.15, 0.2) is 22.7 Å². The molecule has 1 aromatic heterocycles. The lowest BCUT2D eigenvalue weighted by molar-refractivity contribution is -0.143. The van der Waals surface area contributed by atoms with Crippen molar-refractivity contribution in [2.75, 3.05) is 6.54 Å². The molecule has 3 rings (SSSR count). The van der Waals surface area contributed by atoms with Crippen LogP contribution in [0.4, 0.5) is 4.39 Å². The molecule has 0 spiro atoms. The monoisotopic (exact) mass is 368 g/mol. The Balaban J connectivity index is 1.97. The summed E-state index contributed by atoms with van der Waals surface area (Å²) in [6.07, 6.45) is 2.01. The van der Waals surface area contributed by atoms with Crippen LogP contribution in [0.5, 0.6) is 0 Å². The number of H-pyrrole nitrogens is 1. The number of nitrogens with one attached hydrogen (secondary N) is 1. The molecule has 2 N–H and O–H groups in total. The van der Waals surface area contributed by atoms with Crippen LogP contribution >= 0.6 is 15.9 Å². The molecule has 0 bridgehead atoms. The van der Waals surface area contributed by atoms with Gasteiger partial charge in [-0.05, 0) is 37.5 Å². The van der Waals surface area contributed by atoms with E-state index in [4.69, 9.17) is 0 Å². The maximum atomic E-state index is 13.9. The van der Waals surface area contributed by atoms with E-state index >= 15 is 0 Å². The van der Waals surface area contributed by atoms with Crippen LogP contribution in [0.1, 0.15) is 29.8 Å². The van der Waals surface area contributed by atoms with Gasteiger partial charge in [-0.1, -0.05) is 15.9 Å². The van der Waals surface area contributed by atoms with Gasteiger partial charge in [-0.25, -0.2) is 9.18 Å². The smallest absolute Gasteiger partial charge is 0.326 e. The predicted octanol–water partition coefficient (Wildman–Crippen LogP) is 3.15. The quantitative estimate of drug-likeness (QED) is 0.854. The number of likely N-dealkylation sites (tertiary alicyclic amines) is 1. The number of rotatable bonds is 2. The molecule has 1 aromatic carbocycles. The highest BCUT2D eigenvalue weighted by Gasteiger charge is 2.33. The van der Waals surface area contributed by atoms with E-state index in [1.54, 1.807) is 6.07 Å². The summed E-state index contributed by atoms with van der Waals surface area (Å²) in [5.41, 5.74) is 0.708. The van der Waals surface area contributed by atoms with Gasteiger partial charge in [-0.2, -0.15) is 0 Å². The molecule has 1 fully saturated rings. The van der Waals surface area contributed by atoms with E-state index < -0.39 is 23.7 Å². The first-order valence-electron chi connectivity index (χ1n) is 6.99. The van der Waals surface area contributed by atoms with Crippen molar-refractivity contribution in [3.63, 3.8) is 0 Å². The summed E-state index contributed by atoms with van der Waals surface area (Å²) in [6, 6.07) is 3.63. The van der Waals surface area contributed by atoms with E-state index in [-0.39, 0.29) is 5.69 Å². The molecule has 2 heterocycles. The van der Waals surface area contributed by atoms with E-state index in [0.717, 1.165) is 12.8 Å². The number of hydrogen-bond acceptors (Lipinski definition) is 2. The molecular weight excluding hydrogens is 355 g/mol. The van der Waals surface area contributed by atoms with Gasteiger partial charge in [0.2, 0.25) is 0 Å². The van der Waals surface area contributed by atoms with Gasteiger partial charge in [0.05, 0.1) is 5.52 Å². The molecule has 1 aliphatic heterocycles. The van der Waals surface area contributed by atoms with E-state index in [1.807, 2.05) is 0 Å². The van der Waals surface area contributed by atoms with Crippen LogP contribution in [-0.2, 0) is 4.79 Å². The summed E-state index contributed by atoms with van der Waals surface area (Å²) in [4.78, 5) is 28.1. The minimum Gasteiger partial charge on any atom is -0.480 e. The largest absolute Gasteiger partial charge is 0.480 e. The minimum absolute atomic E-state index is 0.208. The second-order valence-electron chi connectivity index (χ2n) is 5.38. The predicted molar refractivity (Wildman–Crippen MR) is 82.3 cm³/mol. The van der Waals surface area contributed by atoms with Crippen LogP contribution < -0.4 is 0 Å². The summed E-state index contributed by atoms with van der Waals surface area (Å²) in [5.74, 6) is -1.84. The summed E-state index contributed by atoms with van der Waals surface area (Å²) in [6.45, 7) is 0.400. The molecule has 0 unspecified atom stereocenters. The van der Waals surface area contributed by atoms with E-state index in [9.17, 15) is 19.1 Å². The Kier molecular flexibility index (Phi) is 3.90.